The van der Waals surface area contributed by atoms with Gasteiger partial charge < -0.3 is 0 Å². The van der Waals surface area contributed by atoms with Crippen molar-refractivity contribution in [1.82, 2.24) is 43.8 Å². The van der Waals surface area contributed by atoms with Crippen molar-refractivity contribution in [3.8, 4) is 85.1 Å². The van der Waals surface area contributed by atoms with Gasteiger partial charge in [-0.05, 0) is 92.3 Å². The van der Waals surface area contributed by atoms with Gasteiger partial charge in [-0.25, -0.2) is 19.9 Å². The Labute approximate surface area is 510 Å². The Balaban J connectivity index is 0.776. The van der Waals surface area contributed by atoms with E-state index in [9.17, 15) is 0 Å². The molecule has 0 atom stereocenters. The second-order valence-corrected chi connectivity index (χ2v) is 22.7. The van der Waals surface area contributed by atoms with Crippen LogP contribution in [-0.2, 0) is 0 Å². The van der Waals surface area contributed by atoms with E-state index in [4.69, 9.17) is 30.1 Å². The molecule has 5 heterocycles. The lowest BCUT2D eigenvalue weighted by molar-refractivity contribution is 1.01. The Morgan fingerprint density at radius 1 is 0.225 bits per heavy atom. The predicted octanol–water partition coefficient (Wildman–Crippen LogP) is 19.7. The normalized spacial score (nSPS) is 11.8. The standard InChI is InChI=1S/C80H49N9/c1-2-22-58(23-3-1)87-77(56-44-46-65-63-26-10-14-34-71(63)88(73(65)48-56)79-81-69-32-12-8-28-67(69)75(83-79)54-40-36-52(37-41-54)61-30-16-20-50-18-4-6-24-59(50)61)85-86-78(87)57-45-47-66-64-27-11-15-35-72(64)89(74(66)49-57)80-82-70-33-13-9-29-68(70)76(84-80)55-42-38-53(39-43-55)62-31-17-21-51-19-5-7-25-60(51)62/h1-49H. The Bertz CT molecular complexity index is 5510. The smallest absolute Gasteiger partial charge is 0.235 e. The first-order valence-electron chi connectivity index (χ1n) is 29.9. The van der Waals surface area contributed by atoms with Crippen LogP contribution in [0.4, 0.5) is 0 Å². The Morgan fingerprint density at radius 2 is 0.584 bits per heavy atom. The van der Waals surface area contributed by atoms with E-state index in [2.05, 4.69) is 293 Å². The zero-order valence-electron chi connectivity index (χ0n) is 47.8. The van der Waals surface area contributed by atoms with Gasteiger partial charge >= 0.3 is 0 Å². The van der Waals surface area contributed by atoms with E-state index in [1.165, 1.54) is 32.7 Å². The van der Waals surface area contributed by atoms with Gasteiger partial charge in [0.25, 0.3) is 0 Å². The Hall–Kier alpha value is -12.2. The lowest BCUT2D eigenvalue weighted by Gasteiger charge is -2.14. The highest BCUT2D eigenvalue weighted by atomic mass is 15.3. The van der Waals surface area contributed by atoms with Gasteiger partial charge in [-0.1, -0.05) is 249 Å². The summed E-state index contributed by atoms with van der Waals surface area (Å²) in [5, 5.41) is 21.4. The molecule has 18 aromatic rings. The SMILES string of the molecule is c1ccc(-n2c(-c3ccc4c5ccccc5n(-c5nc(-c6ccc(-c7cccc8ccccc78)cc6)c6ccccc6n5)c4c3)nnc2-c2ccc3c4ccccc4n(-c4nc(-c5ccc(-c6cccc7ccccc67)cc5)c5ccccc5n4)c3c2)cc1. The van der Waals surface area contributed by atoms with E-state index in [1.54, 1.807) is 0 Å². The molecule has 414 valence electrons. The molecule has 9 heteroatoms. The summed E-state index contributed by atoms with van der Waals surface area (Å²) in [5.74, 6) is 2.52. The number of rotatable bonds is 9. The molecule has 18 rings (SSSR count). The summed E-state index contributed by atoms with van der Waals surface area (Å²) in [5.41, 5.74) is 16.7. The first-order chi connectivity index (χ1) is 44.1. The van der Waals surface area contributed by atoms with Crippen LogP contribution < -0.4 is 0 Å². The Kier molecular flexibility index (Phi) is 11.4. The van der Waals surface area contributed by atoms with Crippen LogP contribution in [0.2, 0.25) is 0 Å². The van der Waals surface area contributed by atoms with Gasteiger partial charge in [-0.2, -0.15) is 0 Å². The fourth-order valence-electron chi connectivity index (χ4n) is 13.5. The van der Waals surface area contributed by atoms with Gasteiger partial charge in [-0.15, -0.1) is 10.2 Å². The number of fused-ring (bicyclic) bond motifs is 10. The molecule has 13 aromatic carbocycles. The minimum Gasteiger partial charge on any atom is -0.278 e. The molecule has 0 aliphatic carbocycles. The molecule has 0 spiro atoms. The summed E-state index contributed by atoms with van der Waals surface area (Å²) in [4.78, 5) is 21.7. The maximum Gasteiger partial charge on any atom is 0.235 e. The fraction of sp³-hybridized carbons (Fsp3) is 0. The number of hydrogen-bond donors (Lipinski definition) is 0. The van der Waals surface area contributed by atoms with Crippen molar-refractivity contribution in [2.75, 3.05) is 0 Å². The lowest BCUT2D eigenvalue weighted by atomic mass is 9.96. The monoisotopic (exact) mass is 1140 g/mol. The van der Waals surface area contributed by atoms with Crippen LogP contribution in [-0.4, -0.2) is 43.8 Å². The average Bonchev–Trinajstić information content (AvgIpc) is 3.88. The molecule has 0 aliphatic rings. The number of aromatic nitrogens is 9. The topological polar surface area (TPSA) is 92.1 Å². The minimum atomic E-state index is 0.575. The van der Waals surface area contributed by atoms with Crippen molar-refractivity contribution in [3.63, 3.8) is 0 Å². The quantitative estimate of drug-likeness (QED) is 0.143. The average molecular weight is 1140 g/mol. The zero-order valence-corrected chi connectivity index (χ0v) is 47.8. The van der Waals surface area contributed by atoms with Crippen LogP contribution in [0.5, 0.6) is 0 Å². The third-order valence-corrected chi connectivity index (χ3v) is 17.6. The van der Waals surface area contributed by atoms with Crippen LogP contribution in [0.1, 0.15) is 0 Å². The largest absolute Gasteiger partial charge is 0.278 e. The van der Waals surface area contributed by atoms with E-state index in [-0.39, 0.29) is 0 Å². The lowest BCUT2D eigenvalue weighted by Crippen LogP contribution is -2.04. The maximum absolute atomic E-state index is 5.51. The van der Waals surface area contributed by atoms with Crippen LogP contribution in [0, 0.1) is 0 Å². The molecule has 0 radical (unpaired) electrons. The predicted molar refractivity (Wildman–Crippen MR) is 364 cm³/mol. The highest BCUT2D eigenvalue weighted by molar-refractivity contribution is 6.12. The molecular formula is C80H49N9. The molecule has 0 aliphatic heterocycles. The number of para-hydroxylation sites is 5. The van der Waals surface area contributed by atoms with Crippen molar-refractivity contribution in [1.29, 1.82) is 0 Å². The summed E-state index contributed by atoms with van der Waals surface area (Å²) in [6, 6.07) is 105. The Morgan fingerprint density at radius 3 is 1.06 bits per heavy atom. The molecule has 5 aromatic heterocycles. The van der Waals surface area contributed by atoms with Crippen LogP contribution in [0.3, 0.4) is 0 Å². The first kappa shape index (κ1) is 50.2. The van der Waals surface area contributed by atoms with Gasteiger partial charge in [0, 0.05) is 60.3 Å². The third-order valence-electron chi connectivity index (χ3n) is 17.6. The molecule has 0 saturated heterocycles. The molecule has 0 fully saturated rings. The minimum absolute atomic E-state index is 0.575. The van der Waals surface area contributed by atoms with Crippen LogP contribution in [0.25, 0.3) is 172 Å². The van der Waals surface area contributed by atoms with Gasteiger partial charge in [0.2, 0.25) is 11.9 Å². The second kappa shape index (κ2) is 20.2. The number of benzene rings is 13. The molecule has 0 N–H and O–H groups in total. The van der Waals surface area contributed by atoms with Crippen LogP contribution in [0.15, 0.2) is 297 Å². The van der Waals surface area contributed by atoms with E-state index in [0.717, 1.165) is 116 Å². The first-order valence-corrected chi connectivity index (χ1v) is 29.9. The highest BCUT2D eigenvalue weighted by Crippen LogP contribution is 2.41. The van der Waals surface area contributed by atoms with E-state index < -0.39 is 0 Å². The van der Waals surface area contributed by atoms with Crippen molar-refractivity contribution in [2.24, 2.45) is 0 Å². The molecule has 9 nitrogen and oxygen atoms in total. The van der Waals surface area contributed by atoms with Gasteiger partial charge in [-0.3, -0.25) is 13.7 Å². The molecule has 89 heavy (non-hydrogen) atoms. The number of nitrogens with zero attached hydrogens (tertiary/aromatic N) is 9. The van der Waals surface area contributed by atoms with Crippen molar-refractivity contribution in [3.05, 3.63) is 297 Å². The molecular weight excluding hydrogens is 1090 g/mol. The van der Waals surface area contributed by atoms with E-state index >= 15 is 0 Å². The summed E-state index contributed by atoms with van der Waals surface area (Å²) in [7, 11) is 0. The highest BCUT2D eigenvalue weighted by Gasteiger charge is 2.24. The second-order valence-electron chi connectivity index (χ2n) is 22.7. The summed E-state index contributed by atoms with van der Waals surface area (Å²) in [6.45, 7) is 0. The number of hydrogen-bond acceptors (Lipinski definition) is 6. The van der Waals surface area contributed by atoms with Crippen molar-refractivity contribution < 1.29 is 0 Å². The molecule has 0 saturated carbocycles. The van der Waals surface area contributed by atoms with Gasteiger partial charge in [0.1, 0.15) is 0 Å². The molecule has 0 amide bonds. The third kappa shape index (κ3) is 8.17. The zero-order chi connectivity index (χ0) is 58.5. The van der Waals surface area contributed by atoms with E-state index in [1.807, 2.05) is 18.2 Å². The van der Waals surface area contributed by atoms with Crippen molar-refractivity contribution >= 4 is 87.0 Å². The summed E-state index contributed by atoms with van der Waals surface area (Å²) >= 11 is 0. The maximum atomic E-state index is 5.51. The fourth-order valence-corrected chi connectivity index (χ4v) is 13.5. The van der Waals surface area contributed by atoms with Crippen molar-refractivity contribution in [2.45, 2.75) is 0 Å². The summed E-state index contributed by atoms with van der Waals surface area (Å²) in [6.07, 6.45) is 0. The van der Waals surface area contributed by atoms with Crippen LogP contribution >= 0.6 is 0 Å². The van der Waals surface area contributed by atoms with E-state index in [0.29, 0.717) is 23.5 Å². The molecule has 0 unspecified atom stereocenters. The van der Waals surface area contributed by atoms with Gasteiger partial charge in [0.05, 0.1) is 44.5 Å². The molecule has 0 bridgehead atoms. The summed E-state index contributed by atoms with van der Waals surface area (Å²) < 4.78 is 6.57. The van der Waals surface area contributed by atoms with Gasteiger partial charge in [0.15, 0.2) is 11.6 Å².